The first-order chi connectivity index (χ1) is 9.53. The Morgan fingerprint density at radius 1 is 1.45 bits per heavy atom. The van der Waals surface area contributed by atoms with Crippen LogP contribution in [0.1, 0.15) is 12.0 Å². The van der Waals surface area contributed by atoms with Crippen molar-refractivity contribution in [1.82, 2.24) is 10.0 Å². The van der Waals surface area contributed by atoms with Gasteiger partial charge in [0, 0.05) is 17.6 Å². The summed E-state index contributed by atoms with van der Waals surface area (Å²) in [5, 5.41) is 3.04. The van der Waals surface area contributed by atoms with Crippen LogP contribution in [0.5, 0.6) is 0 Å². The molecular weight excluding hydrogens is 360 g/mol. The van der Waals surface area contributed by atoms with E-state index in [0.29, 0.717) is 28.4 Å². The van der Waals surface area contributed by atoms with Crippen molar-refractivity contribution in [3.05, 3.63) is 28.2 Å². The minimum absolute atomic E-state index is 0.308. The Bertz CT molecular complexity index is 557. The second kappa shape index (κ2) is 7.26. The van der Waals surface area contributed by atoms with Gasteiger partial charge < -0.3 is 5.32 Å². The van der Waals surface area contributed by atoms with Crippen molar-refractivity contribution in [2.75, 3.05) is 25.1 Å². The lowest BCUT2D eigenvalue weighted by Gasteiger charge is -2.12. The van der Waals surface area contributed by atoms with Gasteiger partial charge in [0.2, 0.25) is 10.0 Å². The molecule has 7 heteroatoms. The van der Waals surface area contributed by atoms with Crippen LogP contribution < -0.4 is 10.0 Å². The van der Waals surface area contributed by atoms with Gasteiger partial charge in [-0.3, -0.25) is 0 Å². The number of thioether (sulfide) groups is 1. The summed E-state index contributed by atoms with van der Waals surface area (Å²) in [5.41, 5.74) is 1.05. The van der Waals surface area contributed by atoms with Crippen molar-refractivity contribution in [2.24, 2.45) is 5.92 Å². The predicted molar refractivity (Wildman–Crippen MR) is 87.5 cm³/mol. The first-order valence-electron chi connectivity index (χ1n) is 6.53. The highest BCUT2D eigenvalue weighted by Crippen LogP contribution is 2.25. The number of hydrogen-bond acceptors (Lipinski definition) is 4. The minimum atomic E-state index is -3.44. The van der Waals surface area contributed by atoms with E-state index >= 15 is 0 Å². The third-order valence-electron chi connectivity index (χ3n) is 3.25. The van der Waals surface area contributed by atoms with Gasteiger partial charge >= 0.3 is 0 Å². The van der Waals surface area contributed by atoms with Crippen LogP contribution in [0.3, 0.4) is 0 Å². The quantitative estimate of drug-likeness (QED) is 0.796. The van der Waals surface area contributed by atoms with Crippen molar-refractivity contribution in [3.63, 3.8) is 0 Å². The fourth-order valence-corrected chi connectivity index (χ4v) is 5.65. The highest BCUT2D eigenvalue weighted by molar-refractivity contribution is 9.10. The summed E-state index contributed by atoms with van der Waals surface area (Å²) in [5.74, 6) is 2.64. The molecule has 20 heavy (non-hydrogen) atoms. The van der Waals surface area contributed by atoms with E-state index in [1.165, 1.54) is 0 Å². The van der Waals surface area contributed by atoms with Gasteiger partial charge in [-0.05, 0) is 64.5 Å². The highest BCUT2D eigenvalue weighted by Gasteiger charge is 2.21. The molecule has 1 aliphatic heterocycles. The van der Waals surface area contributed by atoms with Crippen LogP contribution >= 0.6 is 27.7 Å². The van der Waals surface area contributed by atoms with E-state index in [2.05, 4.69) is 26.0 Å². The second-order valence-corrected chi connectivity index (χ2v) is 8.62. The molecule has 1 unspecified atom stereocenters. The molecule has 0 amide bonds. The topological polar surface area (TPSA) is 58.2 Å². The van der Waals surface area contributed by atoms with Crippen molar-refractivity contribution in [1.29, 1.82) is 0 Å². The van der Waals surface area contributed by atoms with Gasteiger partial charge in [0.1, 0.15) is 0 Å². The lowest BCUT2D eigenvalue weighted by Crippen LogP contribution is -2.29. The third kappa shape index (κ3) is 4.21. The van der Waals surface area contributed by atoms with Gasteiger partial charge in [0.25, 0.3) is 0 Å². The first-order valence-corrected chi connectivity index (χ1v) is 9.96. The average molecular weight is 379 g/mol. The van der Waals surface area contributed by atoms with Crippen molar-refractivity contribution >= 4 is 37.7 Å². The van der Waals surface area contributed by atoms with E-state index < -0.39 is 10.0 Å². The molecule has 0 spiro atoms. The number of benzene rings is 1. The Morgan fingerprint density at radius 2 is 2.25 bits per heavy atom. The molecule has 0 radical (unpaired) electrons. The zero-order valence-electron chi connectivity index (χ0n) is 11.4. The van der Waals surface area contributed by atoms with Crippen LogP contribution in [0.15, 0.2) is 27.6 Å². The van der Waals surface area contributed by atoms with E-state index in [-0.39, 0.29) is 0 Å². The van der Waals surface area contributed by atoms with Gasteiger partial charge in [0.15, 0.2) is 0 Å². The van der Waals surface area contributed by atoms with Crippen LogP contribution in [0.25, 0.3) is 0 Å². The molecular formula is C13H19BrN2O2S2. The fraction of sp³-hybridized carbons (Fsp3) is 0.538. The Kier molecular flexibility index (Phi) is 5.92. The second-order valence-electron chi connectivity index (χ2n) is 4.88. The van der Waals surface area contributed by atoms with E-state index in [1.54, 1.807) is 6.07 Å². The van der Waals surface area contributed by atoms with E-state index in [1.807, 2.05) is 30.9 Å². The van der Waals surface area contributed by atoms with Gasteiger partial charge in [-0.15, -0.1) is 0 Å². The molecule has 0 saturated carbocycles. The van der Waals surface area contributed by atoms with E-state index in [9.17, 15) is 8.42 Å². The Labute approximate surface area is 133 Å². The van der Waals surface area contributed by atoms with Crippen LogP contribution in [0.4, 0.5) is 0 Å². The first kappa shape index (κ1) is 16.3. The summed E-state index contributed by atoms with van der Waals surface area (Å²) in [6.45, 7) is 1.24. The fourth-order valence-electron chi connectivity index (χ4n) is 2.13. The van der Waals surface area contributed by atoms with Crippen molar-refractivity contribution in [2.45, 2.75) is 17.9 Å². The largest absolute Gasteiger partial charge is 0.316 e. The number of hydrogen-bond donors (Lipinski definition) is 2. The molecule has 0 aromatic heterocycles. The molecule has 1 fully saturated rings. The summed E-state index contributed by atoms with van der Waals surface area (Å²) in [6.07, 6.45) is 1.09. The number of nitrogens with one attached hydrogen (secondary N) is 2. The molecule has 1 saturated heterocycles. The molecule has 4 nitrogen and oxygen atoms in total. The third-order valence-corrected chi connectivity index (χ3v) is 6.88. The molecule has 1 atom stereocenters. The zero-order valence-corrected chi connectivity index (χ0v) is 14.6. The minimum Gasteiger partial charge on any atom is -0.316 e. The van der Waals surface area contributed by atoms with Gasteiger partial charge in [-0.1, -0.05) is 6.07 Å². The van der Waals surface area contributed by atoms with E-state index in [0.717, 1.165) is 23.5 Å². The molecule has 0 bridgehead atoms. The lowest BCUT2D eigenvalue weighted by molar-refractivity contribution is 0.545. The SMILES string of the molecule is CNCc1ccc(S(=O)(=O)NCC2CCSC2)c(Br)c1. The molecule has 1 aliphatic rings. The lowest BCUT2D eigenvalue weighted by atomic mass is 10.1. The normalized spacial score (nSPS) is 19.4. The molecule has 112 valence electrons. The Hall–Kier alpha value is -0.0800. The monoisotopic (exact) mass is 378 g/mol. The van der Waals surface area contributed by atoms with Crippen molar-refractivity contribution in [3.8, 4) is 0 Å². The highest BCUT2D eigenvalue weighted by atomic mass is 79.9. The predicted octanol–water partition coefficient (Wildman–Crippen LogP) is 2.20. The smallest absolute Gasteiger partial charge is 0.241 e. The van der Waals surface area contributed by atoms with Gasteiger partial charge in [0.05, 0.1) is 4.90 Å². The van der Waals surface area contributed by atoms with Gasteiger partial charge in [-0.2, -0.15) is 11.8 Å². The number of halogens is 1. The molecule has 0 aliphatic carbocycles. The molecule has 1 heterocycles. The van der Waals surface area contributed by atoms with Crippen LogP contribution in [0, 0.1) is 5.92 Å². The maximum absolute atomic E-state index is 12.3. The molecule has 2 N–H and O–H groups in total. The Balaban J connectivity index is 2.08. The summed E-state index contributed by atoms with van der Waals surface area (Å²) < 4.78 is 28.0. The van der Waals surface area contributed by atoms with Crippen molar-refractivity contribution < 1.29 is 8.42 Å². The zero-order chi connectivity index (χ0) is 14.6. The number of sulfonamides is 1. The molecule has 1 aromatic carbocycles. The van der Waals surface area contributed by atoms with Crippen LogP contribution in [-0.4, -0.2) is 33.5 Å². The summed E-state index contributed by atoms with van der Waals surface area (Å²) in [7, 11) is -1.58. The van der Waals surface area contributed by atoms with Gasteiger partial charge in [-0.25, -0.2) is 13.1 Å². The molecule has 1 aromatic rings. The summed E-state index contributed by atoms with van der Waals surface area (Å²) in [6, 6.07) is 5.33. The van der Waals surface area contributed by atoms with Crippen LogP contribution in [0.2, 0.25) is 0 Å². The maximum Gasteiger partial charge on any atom is 0.241 e. The molecule has 2 rings (SSSR count). The maximum atomic E-state index is 12.3. The average Bonchev–Trinajstić information content (AvgIpc) is 2.90. The number of rotatable bonds is 6. The standard InChI is InChI=1S/C13H19BrN2O2S2/c1-15-7-10-2-3-13(12(14)6-10)20(17,18)16-8-11-4-5-19-9-11/h2-3,6,11,15-16H,4-5,7-9H2,1H3. The summed E-state index contributed by atoms with van der Waals surface area (Å²) in [4.78, 5) is 0.308. The van der Waals surface area contributed by atoms with Crippen LogP contribution in [-0.2, 0) is 16.6 Å². The van der Waals surface area contributed by atoms with E-state index in [4.69, 9.17) is 0 Å². The Morgan fingerprint density at radius 3 is 2.85 bits per heavy atom. The summed E-state index contributed by atoms with van der Waals surface area (Å²) >= 11 is 5.24.